The standard InChI is InChI=1S/C26H22NO3P/c1-3-5-20(4-2)28-15-19-14-18-8-11-23-26(30-16-29-23)25(18)24(22(19)12-13-27)17-6-9-21(31)10-7-17/h3-11,14H,1-2,12,15-16,31H2/b20-5+. The van der Waals surface area contributed by atoms with Crippen LogP contribution in [0.15, 0.2) is 79.6 Å². The van der Waals surface area contributed by atoms with Gasteiger partial charge in [-0.2, -0.15) is 5.26 Å². The fourth-order valence-electron chi connectivity index (χ4n) is 3.78. The average Bonchev–Trinajstić information content (AvgIpc) is 3.26. The molecule has 5 heteroatoms. The van der Waals surface area contributed by atoms with Crippen molar-refractivity contribution in [3.8, 4) is 28.7 Å². The van der Waals surface area contributed by atoms with Crippen molar-refractivity contribution < 1.29 is 14.2 Å². The Morgan fingerprint density at radius 3 is 2.68 bits per heavy atom. The molecule has 0 saturated carbocycles. The van der Waals surface area contributed by atoms with Crippen LogP contribution in [0.25, 0.3) is 21.9 Å². The molecule has 0 amide bonds. The normalized spacial score (nSPS) is 12.5. The van der Waals surface area contributed by atoms with Crippen molar-refractivity contribution in [2.75, 3.05) is 6.79 Å². The Hall–Kier alpha value is -3.54. The van der Waals surface area contributed by atoms with E-state index < -0.39 is 0 Å². The van der Waals surface area contributed by atoms with Gasteiger partial charge >= 0.3 is 0 Å². The van der Waals surface area contributed by atoms with Gasteiger partial charge in [-0.15, -0.1) is 9.24 Å². The number of allylic oxidation sites excluding steroid dienone is 3. The highest BCUT2D eigenvalue weighted by Gasteiger charge is 2.24. The summed E-state index contributed by atoms with van der Waals surface area (Å²) < 4.78 is 17.4. The van der Waals surface area contributed by atoms with Crippen molar-refractivity contribution in [2.24, 2.45) is 0 Å². The van der Waals surface area contributed by atoms with Crippen LogP contribution in [0.5, 0.6) is 11.5 Å². The summed E-state index contributed by atoms with van der Waals surface area (Å²) in [6.45, 7) is 7.99. The van der Waals surface area contributed by atoms with Crippen LogP contribution < -0.4 is 14.8 Å². The van der Waals surface area contributed by atoms with Crippen molar-refractivity contribution in [3.63, 3.8) is 0 Å². The summed E-state index contributed by atoms with van der Waals surface area (Å²) in [6.07, 6.45) is 5.30. The third-order valence-electron chi connectivity index (χ3n) is 5.17. The van der Waals surface area contributed by atoms with Gasteiger partial charge in [-0.25, -0.2) is 0 Å². The number of ether oxygens (including phenoxy) is 3. The maximum Gasteiger partial charge on any atom is 0.231 e. The Bertz CT molecular complexity index is 1240. The molecule has 4 nitrogen and oxygen atoms in total. The van der Waals surface area contributed by atoms with E-state index in [-0.39, 0.29) is 13.2 Å². The van der Waals surface area contributed by atoms with Crippen molar-refractivity contribution in [3.05, 3.63) is 90.7 Å². The van der Waals surface area contributed by atoms with E-state index in [2.05, 4.69) is 46.7 Å². The van der Waals surface area contributed by atoms with E-state index in [9.17, 15) is 5.26 Å². The van der Waals surface area contributed by atoms with E-state index >= 15 is 0 Å². The van der Waals surface area contributed by atoms with Crippen molar-refractivity contribution in [1.29, 1.82) is 5.26 Å². The SMILES string of the molecule is C=C/C=C(\C=C)OCc1cc2ccc3c(c2c(-c2ccc(P)cc2)c1CC#N)OCO3. The van der Waals surface area contributed by atoms with Crippen molar-refractivity contribution in [2.45, 2.75) is 13.0 Å². The second kappa shape index (κ2) is 9.08. The highest BCUT2D eigenvalue weighted by Crippen LogP contribution is 2.46. The Labute approximate surface area is 184 Å². The zero-order chi connectivity index (χ0) is 21.8. The third kappa shape index (κ3) is 4.06. The molecule has 1 heterocycles. The van der Waals surface area contributed by atoms with Crippen LogP contribution in [0.1, 0.15) is 11.1 Å². The summed E-state index contributed by atoms with van der Waals surface area (Å²) in [4.78, 5) is 0. The Kier molecular flexibility index (Phi) is 6.07. The molecule has 1 atom stereocenters. The van der Waals surface area contributed by atoms with E-state index in [1.165, 1.54) is 0 Å². The molecular weight excluding hydrogens is 405 g/mol. The number of hydrogen-bond acceptors (Lipinski definition) is 4. The van der Waals surface area contributed by atoms with Gasteiger partial charge in [0.2, 0.25) is 6.79 Å². The Balaban J connectivity index is 1.98. The predicted octanol–water partition coefficient (Wildman–Crippen LogP) is 5.57. The van der Waals surface area contributed by atoms with Crippen LogP contribution in [-0.2, 0) is 17.8 Å². The minimum absolute atomic E-state index is 0.186. The van der Waals surface area contributed by atoms with E-state index in [0.717, 1.165) is 38.3 Å². The molecular formula is C26H22NO3P. The third-order valence-corrected chi connectivity index (χ3v) is 5.56. The van der Waals surface area contributed by atoms with Gasteiger partial charge in [0.15, 0.2) is 11.5 Å². The van der Waals surface area contributed by atoms with Crippen LogP contribution in [0.2, 0.25) is 0 Å². The molecule has 0 radical (unpaired) electrons. The first-order chi connectivity index (χ1) is 15.2. The van der Waals surface area contributed by atoms with Crippen LogP contribution in [0.4, 0.5) is 0 Å². The molecule has 1 aliphatic heterocycles. The van der Waals surface area contributed by atoms with Crippen LogP contribution in [0.3, 0.4) is 0 Å². The van der Waals surface area contributed by atoms with Gasteiger partial charge in [-0.3, -0.25) is 0 Å². The molecule has 0 spiro atoms. The van der Waals surface area contributed by atoms with E-state index in [1.807, 2.05) is 24.3 Å². The van der Waals surface area contributed by atoms with Crippen molar-refractivity contribution in [1.82, 2.24) is 0 Å². The topological polar surface area (TPSA) is 51.5 Å². The lowest BCUT2D eigenvalue weighted by Crippen LogP contribution is -2.02. The summed E-state index contributed by atoms with van der Waals surface area (Å²) in [6, 6.07) is 16.5. The second-order valence-corrected chi connectivity index (χ2v) is 7.71. The van der Waals surface area contributed by atoms with Gasteiger partial charge in [0, 0.05) is 5.39 Å². The highest BCUT2D eigenvalue weighted by atomic mass is 31.0. The van der Waals surface area contributed by atoms with Gasteiger partial charge in [-0.05, 0) is 57.2 Å². The number of rotatable bonds is 7. The smallest absolute Gasteiger partial charge is 0.231 e. The minimum Gasteiger partial charge on any atom is -0.489 e. The molecule has 1 unspecified atom stereocenters. The number of hydrogen-bond donors (Lipinski definition) is 0. The Morgan fingerprint density at radius 1 is 1.16 bits per heavy atom. The summed E-state index contributed by atoms with van der Waals surface area (Å²) in [7, 11) is 2.70. The highest BCUT2D eigenvalue weighted by molar-refractivity contribution is 7.27. The molecule has 154 valence electrons. The van der Waals surface area contributed by atoms with Gasteiger partial charge in [0.25, 0.3) is 0 Å². The second-order valence-electron chi connectivity index (χ2n) is 7.04. The van der Waals surface area contributed by atoms with Gasteiger partial charge in [0.05, 0.1) is 12.5 Å². The summed E-state index contributed by atoms with van der Waals surface area (Å²) in [5.74, 6) is 2.05. The molecule has 0 saturated heterocycles. The molecule has 0 fully saturated rings. The molecule has 0 aromatic heterocycles. The quantitative estimate of drug-likeness (QED) is 0.281. The summed E-state index contributed by atoms with van der Waals surface area (Å²) in [5, 5.41) is 12.7. The van der Waals surface area contributed by atoms with Crippen LogP contribution >= 0.6 is 9.24 Å². The van der Waals surface area contributed by atoms with Gasteiger partial charge in [0.1, 0.15) is 12.4 Å². The predicted molar refractivity (Wildman–Crippen MR) is 127 cm³/mol. The lowest BCUT2D eigenvalue weighted by Gasteiger charge is -2.19. The van der Waals surface area contributed by atoms with E-state index in [4.69, 9.17) is 14.2 Å². The molecule has 0 N–H and O–H groups in total. The lowest BCUT2D eigenvalue weighted by molar-refractivity contribution is 0.175. The number of nitrogens with zero attached hydrogens (tertiary/aromatic N) is 1. The zero-order valence-corrected chi connectivity index (χ0v) is 18.2. The minimum atomic E-state index is 0.186. The monoisotopic (exact) mass is 427 g/mol. The lowest BCUT2D eigenvalue weighted by atomic mass is 9.88. The fourth-order valence-corrected chi connectivity index (χ4v) is 3.97. The van der Waals surface area contributed by atoms with E-state index in [0.29, 0.717) is 23.9 Å². The van der Waals surface area contributed by atoms with Gasteiger partial charge in [-0.1, -0.05) is 49.6 Å². The molecule has 4 rings (SSSR count). The van der Waals surface area contributed by atoms with Gasteiger partial charge < -0.3 is 14.2 Å². The first-order valence-electron chi connectivity index (χ1n) is 9.84. The van der Waals surface area contributed by atoms with Crippen LogP contribution in [0, 0.1) is 11.3 Å². The Morgan fingerprint density at radius 2 is 1.97 bits per heavy atom. The van der Waals surface area contributed by atoms with E-state index in [1.54, 1.807) is 18.2 Å². The average molecular weight is 427 g/mol. The van der Waals surface area contributed by atoms with Crippen molar-refractivity contribution >= 4 is 25.3 Å². The molecule has 31 heavy (non-hydrogen) atoms. The zero-order valence-electron chi connectivity index (χ0n) is 17.1. The molecule has 3 aromatic carbocycles. The molecule has 3 aromatic rings. The number of nitriles is 1. The maximum absolute atomic E-state index is 9.64. The number of fused-ring (bicyclic) bond motifs is 3. The maximum atomic E-state index is 9.64. The first-order valence-corrected chi connectivity index (χ1v) is 10.4. The summed E-state index contributed by atoms with van der Waals surface area (Å²) in [5.41, 5.74) is 3.84. The molecule has 0 aliphatic carbocycles. The first kappa shape index (κ1) is 20.7. The molecule has 1 aliphatic rings. The molecule has 0 bridgehead atoms. The van der Waals surface area contributed by atoms with Crippen LogP contribution in [-0.4, -0.2) is 6.79 Å². The fraction of sp³-hybridized carbons (Fsp3) is 0.115. The summed E-state index contributed by atoms with van der Waals surface area (Å²) >= 11 is 0. The number of benzene rings is 3. The largest absolute Gasteiger partial charge is 0.489 e.